The van der Waals surface area contributed by atoms with Crippen molar-refractivity contribution in [2.24, 2.45) is 0 Å². The van der Waals surface area contributed by atoms with Crippen molar-refractivity contribution < 1.29 is 19.3 Å². The van der Waals surface area contributed by atoms with Gasteiger partial charge in [-0.25, -0.2) is 0 Å². The lowest BCUT2D eigenvalue weighted by Crippen LogP contribution is -1.97. The average molecular weight is 352 g/mol. The highest BCUT2D eigenvalue weighted by molar-refractivity contribution is 5.53. The molecule has 0 atom stereocenters. The van der Waals surface area contributed by atoms with E-state index in [0.29, 0.717) is 0 Å². The van der Waals surface area contributed by atoms with E-state index in [1.165, 1.54) is 18.2 Å². The van der Waals surface area contributed by atoms with E-state index in [1.54, 1.807) is 0 Å². The number of benzene rings is 3. The number of rotatable bonds is 2. The molecule has 0 unspecified atom stereocenters. The quantitative estimate of drug-likeness (QED) is 0.368. The topological polar surface area (TPSA) is 105 Å². The zero-order valence-corrected chi connectivity index (χ0v) is 13.3. The molecule has 0 saturated carbocycles. The molecule has 3 aromatic rings. The maximum Gasteiger partial charge on any atom is 0.276 e. The molecule has 8 heteroatoms. The highest BCUT2D eigenvalue weighted by Gasteiger charge is 2.16. The van der Waals surface area contributed by atoms with Gasteiger partial charge in [-0.2, -0.15) is 0 Å². The van der Waals surface area contributed by atoms with E-state index in [2.05, 4.69) is 0 Å². The second kappa shape index (κ2) is 7.31. The van der Waals surface area contributed by atoms with Gasteiger partial charge >= 0.3 is 0 Å². The van der Waals surface area contributed by atoms with Crippen molar-refractivity contribution in [1.82, 2.24) is 0 Å². The third kappa shape index (κ3) is 3.75. The highest BCUT2D eigenvalue weighted by atomic mass is 16.6. The van der Waals surface area contributed by atoms with Gasteiger partial charge in [0.05, 0.1) is 15.9 Å². The number of fused-ring (bicyclic) bond motifs is 2. The summed E-state index contributed by atoms with van der Waals surface area (Å²) >= 11 is 0. The molecule has 0 bridgehead atoms. The first kappa shape index (κ1) is 16.9. The van der Waals surface area contributed by atoms with E-state index in [1.807, 2.05) is 48.5 Å². The summed E-state index contributed by atoms with van der Waals surface area (Å²) in [6.45, 7) is 0. The summed E-state index contributed by atoms with van der Waals surface area (Å²) in [5, 5.41) is 20.3. The second-order valence-corrected chi connectivity index (χ2v) is 5.13. The lowest BCUT2D eigenvalue weighted by atomic mass is 10.2. The van der Waals surface area contributed by atoms with Crippen LogP contribution in [0.1, 0.15) is 0 Å². The Balaban J connectivity index is 0.000000153. The Hall–Kier alpha value is -3.94. The molecule has 0 amide bonds. The zero-order valence-electron chi connectivity index (χ0n) is 13.3. The van der Waals surface area contributed by atoms with Gasteiger partial charge in [-0.1, -0.05) is 24.3 Å². The minimum absolute atomic E-state index is 0.274. The first-order chi connectivity index (χ1) is 12.5. The number of nitro benzene ring substituents is 2. The predicted octanol–water partition coefficient (Wildman–Crippen LogP) is 5.09. The molecule has 8 nitrogen and oxygen atoms in total. The van der Waals surface area contributed by atoms with Crippen molar-refractivity contribution in [1.29, 1.82) is 0 Å². The minimum Gasteiger partial charge on any atom is -0.450 e. The van der Waals surface area contributed by atoms with Crippen molar-refractivity contribution in [3.8, 4) is 23.0 Å². The van der Waals surface area contributed by atoms with Crippen LogP contribution in [0.3, 0.4) is 0 Å². The van der Waals surface area contributed by atoms with Crippen molar-refractivity contribution in [3.63, 3.8) is 0 Å². The Morgan fingerprint density at radius 1 is 0.577 bits per heavy atom. The lowest BCUT2D eigenvalue weighted by Gasteiger charge is -2.19. The van der Waals surface area contributed by atoms with E-state index in [-0.39, 0.29) is 11.4 Å². The molecule has 1 aliphatic heterocycles. The van der Waals surface area contributed by atoms with E-state index in [0.717, 1.165) is 29.1 Å². The number of ether oxygens (including phenoxy) is 2. The van der Waals surface area contributed by atoms with Crippen LogP contribution in [0.15, 0.2) is 72.8 Å². The number of para-hydroxylation sites is 4. The fourth-order valence-electron chi connectivity index (χ4n) is 2.19. The average Bonchev–Trinajstić information content (AvgIpc) is 2.67. The van der Waals surface area contributed by atoms with Crippen LogP contribution in [0, 0.1) is 20.2 Å². The van der Waals surface area contributed by atoms with Crippen LogP contribution >= 0.6 is 0 Å². The van der Waals surface area contributed by atoms with Crippen LogP contribution in [-0.2, 0) is 0 Å². The van der Waals surface area contributed by atoms with Crippen molar-refractivity contribution in [2.75, 3.05) is 0 Å². The van der Waals surface area contributed by atoms with Crippen LogP contribution < -0.4 is 9.47 Å². The number of nitro groups is 2. The Morgan fingerprint density at radius 2 is 0.923 bits per heavy atom. The summed E-state index contributed by atoms with van der Waals surface area (Å²) in [6.07, 6.45) is 0. The first-order valence-electron chi connectivity index (χ1n) is 7.47. The smallest absolute Gasteiger partial charge is 0.276 e. The first-order valence-corrected chi connectivity index (χ1v) is 7.47. The largest absolute Gasteiger partial charge is 0.450 e. The molecule has 3 aromatic carbocycles. The number of nitrogens with zero attached hydrogens (tertiary/aromatic N) is 2. The Bertz CT molecular complexity index is 856. The minimum atomic E-state index is -0.674. The van der Waals surface area contributed by atoms with Crippen LogP contribution in [0.4, 0.5) is 11.4 Å². The molecule has 1 heterocycles. The van der Waals surface area contributed by atoms with E-state index >= 15 is 0 Å². The zero-order chi connectivity index (χ0) is 18.5. The van der Waals surface area contributed by atoms with Crippen molar-refractivity contribution >= 4 is 11.4 Å². The highest BCUT2D eigenvalue weighted by Crippen LogP contribution is 2.44. The lowest BCUT2D eigenvalue weighted by molar-refractivity contribution is -0.394. The van der Waals surface area contributed by atoms with Gasteiger partial charge in [0.2, 0.25) is 0 Å². The Labute approximate surface area is 147 Å². The SMILES string of the molecule is O=[N+]([O-])c1cccc([N+](=O)[O-])c1.c1ccc2c(c1)Oc1ccccc1O2. The summed E-state index contributed by atoms with van der Waals surface area (Å²) in [7, 11) is 0. The van der Waals surface area contributed by atoms with Gasteiger partial charge in [0.1, 0.15) is 0 Å². The summed E-state index contributed by atoms with van der Waals surface area (Å²) in [4.78, 5) is 19.0. The van der Waals surface area contributed by atoms with Crippen molar-refractivity contribution in [2.45, 2.75) is 0 Å². The summed E-state index contributed by atoms with van der Waals surface area (Å²) in [5.74, 6) is 3.08. The van der Waals surface area contributed by atoms with Crippen LogP contribution in [0.2, 0.25) is 0 Å². The third-order valence-corrected chi connectivity index (χ3v) is 3.39. The predicted molar refractivity (Wildman–Crippen MR) is 92.8 cm³/mol. The molecule has 0 N–H and O–H groups in total. The molecule has 0 fully saturated rings. The maximum atomic E-state index is 10.2. The molecule has 0 spiro atoms. The van der Waals surface area contributed by atoms with E-state index in [9.17, 15) is 20.2 Å². The number of hydrogen-bond donors (Lipinski definition) is 0. The maximum absolute atomic E-state index is 10.2. The molecular formula is C18H12N2O6. The molecule has 130 valence electrons. The van der Waals surface area contributed by atoms with Gasteiger partial charge in [0.25, 0.3) is 11.4 Å². The summed E-state index contributed by atoms with van der Waals surface area (Å²) in [6, 6.07) is 19.9. The normalized spacial score (nSPS) is 10.8. The summed E-state index contributed by atoms with van der Waals surface area (Å²) < 4.78 is 11.3. The van der Waals surface area contributed by atoms with Crippen LogP contribution in [0.25, 0.3) is 0 Å². The van der Waals surface area contributed by atoms with Gasteiger partial charge in [-0.05, 0) is 30.3 Å². The Kier molecular flexibility index (Phi) is 4.75. The summed E-state index contributed by atoms with van der Waals surface area (Å²) in [5.41, 5.74) is -0.548. The molecule has 4 rings (SSSR count). The molecule has 0 saturated heterocycles. The van der Waals surface area contributed by atoms with Gasteiger partial charge in [0, 0.05) is 12.1 Å². The standard InChI is InChI=1S/C12H8O2.C6H4N2O4/c1-2-6-10-9(5-1)13-11-7-3-4-8-12(11)14-10;9-7(10)5-2-1-3-6(4-5)8(11)12/h1-8H;1-4H. The molecular weight excluding hydrogens is 340 g/mol. The third-order valence-electron chi connectivity index (χ3n) is 3.39. The monoisotopic (exact) mass is 352 g/mol. The van der Waals surface area contributed by atoms with E-state index in [4.69, 9.17) is 9.47 Å². The van der Waals surface area contributed by atoms with Gasteiger partial charge in [-0.15, -0.1) is 0 Å². The van der Waals surface area contributed by atoms with Crippen molar-refractivity contribution in [3.05, 3.63) is 93.0 Å². The van der Waals surface area contributed by atoms with Gasteiger partial charge in [0.15, 0.2) is 23.0 Å². The van der Waals surface area contributed by atoms with Gasteiger partial charge in [-0.3, -0.25) is 20.2 Å². The van der Waals surface area contributed by atoms with E-state index < -0.39 is 9.85 Å². The number of non-ortho nitro benzene ring substituents is 2. The molecule has 0 radical (unpaired) electrons. The molecule has 26 heavy (non-hydrogen) atoms. The molecule has 1 aliphatic rings. The Morgan fingerprint density at radius 3 is 1.23 bits per heavy atom. The molecule has 0 aliphatic carbocycles. The fraction of sp³-hybridized carbons (Fsp3) is 0. The number of hydrogen-bond acceptors (Lipinski definition) is 6. The van der Waals surface area contributed by atoms with Crippen LogP contribution in [0.5, 0.6) is 23.0 Å². The second-order valence-electron chi connectivity index (χ2n) is 5.13. The van der Waals surface area contributed by atoms with Crippen LogP contribution in [-0.4, -0.2) is 9.85 Å². The fourth-order valence-corrected chi connectivity index (χ4v) is 2.19. The van der Waals surface area contributed by atoms with Gasteiger partial charge < -0.3 is 9.47 Å². The molecule has 0 aromatic heterocycles.